The standard InChI is InChI=1S/C16H20ClNO2/c17-13-9-16(19)18(10-13)14-7-4-8-15(14)20-11-12-5-2-1-3-6-12/h1-3,5-6,13-15H,4,7-11H2. The van der Waals surface area contributed by atoms with E-state index in [1.165, 1.54) is 5.56 Å². The number of carbonyl (C=O) groups excluding carboxylic acids is 1. The molecule has 2 fully saturated rings. The first-order chi connectivity index (χ1) is 9.74. The highest BCUT2D eigenvalue weighted by atomic mass is 35.5. The Bertz CT molecular complexity index is 465. The second-order valence-electron chi connectivity index (χ2n) is 5.68. The van der Waals surface area contributed by atoms with Gasteiger partial charge in [-0.3, -0.25) is 4.79 Å². The molecule has 3 nitrogen and oxygen atoms in total. The number of hydrogen-bond donors (Lipinski definition) is 0. The average Bonchev–Trinajstić information content (AvgIpc) is 3.03. The highest BCUT2D eigenvalue weighted by Crippen LogP contribution is 2.31. The highest BCUT2D eigenvalue weighted by Gasteiger charge is 2.39. The van der Waals surface area contributed by atoms with Gasteiger partial charge in [0.2, 0.25) is 5.91 Å². The second kappa shape index (κ2) is 6.15. The topological polar surface area (TPSA) is 29.5 Å². The number of likely N-dealkylation sites (tertiary alicyclic amines) is 1. The molecule has 3 atom stereocenters. The van der Waals surface area contributed by atoms with Gasteiger partial charge in [0.05, 0.1) is 24.1 Å². The first-order valence-corrected chi connectivity index (χ1v) is 7.77. The molecular formula is C16H20ClNO2. The molecule has 1 heterocycles. The van der Waals surface area contributed by atoms with Crippen molar-refractivity contribution in [3.05, 3.63) is 35.9 Å². The van der Waals surface area contributed by atoms with Crippen molar-refractivity contribution in [2.24, 2.45) is 0 Å². The van der Waals surface area contributed by atoms with E-state index in [-0.39, 0.29) is 23.4 Å². The lowest BCUT2D eigenvalue weighted by molar-refractivity contribution is -0.132. The third-order valence-electron chi connectivity index (χ3n) is 4.24. The van der Waals surface area contributed by atoms with Crippen LogP contribution in [-0.4, -0.2) is 34.9 Å². The summed E-state index contributed by atoms with van der Waals surface area (Å²) < 4.78 is 6.06. The molecule has 108 valence electrons. The predicted octanol–water partition coefficient (Wildman–Crippen LogP) is 2.96. The van der Waals surface area contributed by atoms with E-state index in [0.29, 0.717) is 19.6 Å². The second-order valence-corrected chi connectivity index (χ2v) is 6.30. The van der Waals surface area contributed by atoms with Gasteiger partial charge < -0.3 is 9.64 Å². The Kier molecular flexibility index (Phi) is 4.27. The van der Waals surface area contributed by atoms with Gasteiger partial charge in [-0.25, -0.2) is 0 Å². The van der Waals surface area contributed by atoms with Gasteiger partial charge in [0.25, 0.3) is 0 Å². The Hall–Kier alpha value is -1.06. The van der Waals surface area contributed by atoms with E-state index in [0.717, 1.165) is 19.3 Å². The van der Waals surface area contributed by atoms with Gasteiger partial charge in [-0.05, 0) is 24.8 Å². The molecule has 0 aromatic heterocycles. The molecule has 3 unspecified atom stereocenters. The van der Waals surface area contributed by atoms with Crippen molar-refractivity contribution in [1.29, 1.82) is 0 Å². The molecule has 1 aliphatic heterocycles. The number of hydrogen-bond acceptors (Lipinski definition) is 2. The van der Waals surface area contributed by atoms with Crippen molar-refractivity contribution in [3.63, 3.8) is 0 Å². The molecule has 0 radical (unpaired) electrons. The van der Waals surface area contributed by atoms with Gasteiger partial charge in [0, 0.05) is 13.0 Å². The van der Waals surface area contributed by atoms with Gasteiger partial charge in [-0.2, -0.15) is 0 Å². The maximum atomic E-state index is 12.0. The summed E-state index contributed by atoms with van der Waals surface area (Å²) in [6.45, 7) is 1.30. The Labute approximate surface area is 124 Å². The van der Waals surface area contributed by atoms with Gasteiger partial charge in [-0.1, -0.05) is 30.3 Å². The van der Waals surface area contributed by atoms with Crippen LogP contribution in [0.5, 0.6) is 0 Å². The third kappa shape index (κ3) is 2.99. The van der Waals surface area contributed by atoms with Crippen LogP contribution in [0.25, 0.3) is 0 Å². The number of halogens is 1. The van der Waals surface area contributed by atoms with Crippen molar-refractivity contribution in [3.8, 4) is 0 Å². The van der Waals surface area contributed by atoms with Crippen LogP contribution in [-0.2, 0) is 16.1 Å². The number of ether oxygens (including phenoxy) is 1. The van der Waals surface area contributed by atoms with Crippen LogP contribution >= 0.6 is 11.6 Å². The van der Waals surface area contributed by atoms with E-state index in [1.54, 1.807) is 0 Å². The fourth-order valence-corrected chi connectivity index (χ4v) is 3.52. The lowest BCUT2D eigenvalue weighted by Gasteiger charge is -2.29. The summed E-state index contributed by atoms with van der Waals surface area (Å²) in [4.78, 5) is 13.9. The van der Waals surface area contributed by atoms with Crippen molar-refractivity contribution >= 4 is 17.5 Å². The van der Waals surface area contributed by atoms with Gasteiger partial charge in [0.1, 0.15) is 0 Å². The van der Waals surface area contributed by atoms with Crippen LogP contribution in [0.4, 0.5) is 0 Å². The molecule has 1 saturated heterocycles. The number of nitrogens with zero attached hydrogens (tertiary/aromatic N) is 1. The summed E-state index contributed by atoms with van der Waals surface area (Å²) in [5, 5.41) is -0.0297. The van der Waals surface area contributed by atoms with Crippen LogP contribution in [0.15, 0.2) is 30.3 Å². The largest absolute Gasteiger partial charge is 0.371 e. The van der Waals surface area contributed by atoms with Crippen LogP contribution in [0.2, 0.25) is 0 Å². The highest BCUT2D eigenvalue weighted by molar-refractivity contribution is 6.22. The van der Waals surface area contributed by atoms with E-state index in [9.17, 15) is 4.79 Å². The number of rotatable bonds is 4. The minimum absolute atomic E-state index is 0.0297. The monoisotopic (exact) mass is 293 g/mol. The number of alkyl halides is 1. The zero-order valence-electron chi connectivity index (χ0n) is 11.5. The third-order valence-corrected chi connectivity index (χ3v) is 4.53. The minimum atomic E-state index is -0.0297. The zero-order chi connectivity index (χ0) is 13.9. The molecule has 4 heteroatoms. The Morgan fingerprint density at radius 3 is 2.75 bits per heavy atom. The first kappa shape index (κ1) is 13.9. The summed E-state index contributed by atoms with van der Waals surface area (Å²) in [6, 6.07) is 10.4. The maximum absolute atomic E-state index is 12.0. The predicted molar refractivity (Wildman–Crippen MR) is 78.6 cm³/mol. The molecule has 1 saturated carbocycles. The fourth-order valence-electron chi connectivity index (χ4n) is 3.24. The summed E-state index contributed by atoms with van der Waals surface area (Å²) in [5.74, 6) is 0.185. The summed E-state index contributed by atoms with van der Waals surface area (Å²) in [7, 11) is 0. The van der Waals surface area contributed by atoms with E-state index < -0.39 is 0 Å². The molecule has 1 aliphatic carbocycles. The molecule has 2 aliphatic rings. The first-order valence-electron chi connectivity index (χ1n) is 7.33. The van der Waals surface area contributed by atoms with Crippen LogP contribution < -0.4 is 0 Å². The average molecular weight is 294 g/mol. The van der Waals surface area contributed by atoms with Crippen LogP contribution in [0.1, 0.15) is 31.2 Å². The molecule has 0 spiro atoms. The number of carbonyl (C=O) groups is 1. The molecule has 3 rings (SSSR count). The maximum Gasteiger partial charge on any atom is 0.224 e. The summed E-state index contributed by atoms with van der Waals surface area (Å²) in [5.41, 5.74) is 1.18. The van der Waals surface area contributed by atoms with Gasteiger partial charge in [0.15, 0.2) is 0 Å². The van der Waals surface area contributed by atoms with E-state index in [2.05, 4.69) is 12.1 Å². The molecule has 1 aromatic carbocycles. The molecule has 1 amide bonds. The van der Waals surface area contributed by atoms with Crippen molar-refractivity contribution in [2.75, 3.05) is 6.54 Å². The van der Waals surface area contributed by atoms with Gasteiger partial charge in [-0.15, -0.1) is 11.6 Å². The molecule has 0 N–H and O–H groups in total. The number of benzene rings is 1. The van der Waals surface area contributed by atoms with E-state index in [4.69, 9.17) is 16.3 Å². The molecule has 1 aromatic rings. The van der Waals surface area contributed by atoms with Crippen LogP contribution in [0, 0.1) is 0 Å². The Morgan fingerprint density at radius 2 is 2.05 bits per heavy atom. The van der Waals surface area contributed by atoms with E-state index >= 15 is 0 Å². The molecule has 20 heavy (non-hydrogen) atoms. The SMILES string of the molecule is O=C1CC(Cl)CN1C1CCCC1OCc1ccccc1. The number of amides is 1. The lowest BCUT2D eigenvalue weighted by Crippen LogP contribution is -2.42. The normalized spacial score (nSPS) is 30.1. The lowest BCUT2D eigenvalue weighted by atomic mass is 10.2. The van der Waals surface area contributed by atoms with Crippen molar-refractivity contribution in [1.82, 2.24) is 4.90 Å². The Morgan fingerprint density at radius 1 is 1.25 bits per heavy atom. The smallest absolute Gasteiger partial charge is 0.224 e. The Balaban J connectivity index is 1.60. The van der Waals surface area contributed by atoms with Crippen molar-refractivity contribution in [2.45, 2.75) is 49.8 Å². The zero-order valence-corrected chi connectivity index (χ0v) is 12.3. The minimum Gasteiger partial charge on any atom is -0.371 e. The van der Waals surface area contributed by atoms with E-state index in [1.807, 2.05) is 23.1 Å². The summed E-state index contributed by atoms with van der Waals surface area (Å²) in [6.07, 6.45) is 3.83. The van der Waals surface area contributed by atoms with Gasteiger partial charge >= 0.3 is 0 Å². The summed E-state index contributed by atoms with van der Waals surface area (Å²) >= 11 is 6.10. The molecule has 0 bridgehead atoms. The van der Waals surface area contributed by atoms with Crippen LogP contribution in [0.3, 0.4) is 0 Å². The quantitative estimate of drug-likeness (QED) is 0.799. The molecular weight excluding hydrogens is 274 g/mol. The fraction of sp³-hybridized carbons (Fsp3) is 0.562. The van der Waals surface area contributed by atoms with Crippen molar-refractivity contribution < 1.29 is 9.53 Å².